The fourth-order valence-corrected chi connectivity index (χ4v) is 3.27. The molecular formula is C6H13N2O4P. The molecule has 0 aliphatic carbocycles. The molecule has 0 spiro atoms. The lowest BCUT2D eigenvalue weighted by molar-refractivity contribution is -0.281. The molecule has 0 aromatic carbocycles. The summed E-state index contributed by atoms with van der Waals surface area (Å²) in [6.45, 7) is 0. The largest absolute Gasteiger partial charge is 0.484 e. The van der Waals surface area contributed by atoms with Gasteiger partial charge in [-0.2, -0.15) is 0 Å². The second-order valence-electron chi connectivity index (χ2n) is 3.58. The van der Waals surface area contributed by atoms with Gasteiger partial charge in [-0.25, -0.2) is 13.6 Å². The number of nitrogens with zero attached hydrogens (tertiary/aromatic N) is 2. The lowest BCUT2D eigenvalue weighted by Gasteiger charge is -2.41. The Bertz CT molecular complexity index is 262. The van der Waals surface area contributed by atoms with Gasteiger partial charge in [-0.1, -0.05) is 0 Å². The highest BCUT2D eigenvalue weighted by Gasteiger charge is 2.73. The van der Waals surface area contributed by atoms with Gasteiger partial charge in [0.2, 0.25) is 0 Å². The molecule has 13 heavy (non-hydrogen) atoms. The second kappa shape index (κ2) is 2.53. The molecule has 3 aliphatic rings. The van der Waals surface area contributed by atoms with Crippen LogP contribution >= 0.6 is 7.82 Å². The first-order valence-corrected chi connectivity index (χ1v) is 5.39. The van der Waals surface area contributed by atoms with Crippen LogP contribution in [0.3, 0.4) is 0 Å². The van der Waals surface area contributed by atoms with Gasteiger partial charge in [0.1, 0.15) is 0 Å². The molecule has 6 nitrogen and oxygen atoms in total. The van der Waals surface area contributed by atoms with E-state index in [4.69, 9.17) is 13.6 Å². The summed E-state index contributed by atoms with van der Waals surface area (Å²) in [7, 11) is 3.99. The second-order valence-corrected chi connectivity index (χ2v) is 5.05. The molecule has 3 heterocycles. The Hall–Kier alpha value is 0.0300. The molecular weight excluding hydrogens is 195 g/mol. The summed E-state index contributed by atoms with van der Waals surface area (Å²) in [6, 6.07) is 0. The smallest absolute Gasteiger partial charge is 0.278 e. The third kappa shape index (κ3) is 1.11. The van der Waals surface area contributed by atoms with Gasteiger partial charge in [0.05, 0.1) is 0 Å². The van der Waals surface area contributed by atoms with Gasteiger partial charge in [0, 0.05) is 0 Å². The Labute approximate surface area is 77.0 Å². The van der Waals surface area contributed by atoms with Crippen molar-refractivity contribution < 1.29 is 18.1 Å². The van der Waals surface area contributed by atoms with E-state index >= 15 is 0 Å². The van der Waals surface area contributed by atoms with Crippen molar-refractivity contribution in [3.8, 4) is 0 Å². The molecule has 0 N–H and O–H groups in total. The molecule has 1 unspecified atom stereocenters. The van der Waals surface area contributed by atoms with Crippen LogP contribution in [0.15, 0.2) is 0 Å². The van der Waals surface area contributed by atoms with Crippen molar-refractivity contribution in [2.45, 2.75) is 12.1 Å². The summed E-state index contributed by atoms with van der Waals surface area (Å²) in [6.07, 6.45) is -0.437. The van der Waals surface area contributed by atoms with Crippen LogP contribution in [0, 0.1) is 0 Å². The molecule has 3 saturated heterocycles. The van der Waals surface area contributed by atoms with Crippen LogP contribution in [0.1, 0.15) is 0 Å². The molecule has 3 rings (SSSR count). The summed E-state index contributed by atoms with van der Waals surface area (Å²) >= 11 is 0. The Balaban J connectivity index is 2.27. The van der Waals surface area contributed by atoms with E-state index in [9.17, 15) is 4.57 Å². The predicted molar refractivity (Wildman–Crippen MR) is 44.8 cm³/mol. The minimum atomic E-state index is -3.21. The van der Waals surface area contributed by atoms with Gasteiger partial charge >= 0.3 is 7.82 Å². The highest BCUT2D eigenvalue weighted by Crippen LogP contribution is 2.74. The van der Waals surface area contributed by atoms with E-state index in [0.29, 0.717) is 0 Å². The first kappa shape index (κ1) is 9.58. The zero-order chi connectivity index (χ0) is 9.85. The topological polar surface area (TPSA) is 51.2 Å². The van der Waals surface area contributed by atoms with E-state index in [-0.39, 0.29) is 0 Å². The fourth-order valence-electron chi connectivity index (χ4n) is 1.45. The average molecular weight is 208 g/mol. The molecule has 0 aromatic heterocycles. The van der Waals surface area contributed by atoms with Crippen LogP contribution in [0.4, 0.5) is 0 Å². The minimum absolute atomic E-state index is 0.437. The standard InChI is InChI=1S/C6H13N2O4P/c1-7(2)5-6(8(3)4)11-13(9,10-5)12-6/h5H,1-4H3. The van der Waals surface area contributed by atoms with Gasteiger partial charge < -0.3 is 0 Å². The van der Waals surface area contributed by atoms with Gasteiger partial charge in [0.15, 0.2) is 6.23 Å². The van der Waals surface area contributed by atoms with E-state index < -0.39 is 20.0 Å². The number of phosphoric ester groups is 1. The predicted octanol–water partition coefficient (Wildman–Crippen LogP) is 0.275. The van der Waals surface area contributed by atoms with Crippen molar-refractivity contribution in [2.75, 3.05) is 28.2 Å². The third-order valence-electron chi connectivity index (χ3n) is 2.12. The molecule has 0 radical (unpaired) electrons. The van der Waals surface area contributed by atoms with Crippen LogP contribution in [0.5, 0.6) is 0 Å². The summed E-state index contributed by atoms with van der Waals surface area (Å²) < 4.78 is 26.8. The lowest BCUT2D eigenvalue weighted by atomic mass is 10.3. The van der Waals surface area contributed by atoms with Gasteiger partial charge in [-0.3, -0.25) is 14.3 Å². The maximum atomic E-state index is 11.4. The molecule has 3 fully saturated rings. The normalized spacial score (nSPS) is 48.6. The molecule has 76 valence electrons. The molecule has 7 heteroatoms. The number of likely N-dealkylation sites (N-methyl/N-ethyl adjacent to an activating group) is 2. The van der Waals surface area contributed by atoms with Gasteiger partial charge in [0.25, 0.3) is 5.91 Å². The maximum absolute atomic E-state index is 11.4. The highest BCUT2D eigenvalue weighted by molar-refractivity contribution is 7.50. The number of fused-ring (bicyclic) bond motifs is 1. The van der Waals surface area contributed by atoms with Crippen molar-refractivity contribution in [3.05, 3.63) is 0 Å². The monoisotopic (exact) mass is 208 g/mol. The lowest BCUT2D eigenvalue weighted by Crippen LogP contribution is -2.59. The average Bonchev–Trinajstić information content (AvgIpc) is 2.36. The number of rotatable bonds is 2. The van der Waals surface area contributed by atoms with Crippen molar-refractivity contribution in [1.82, 2.24) is 9.80 Å². The summed E-state index contributed by atoms with van der Waals surface area (Å²) in [5.74, 6) is -0.987. The zero-order valence-corrected chi connectivity index (χ0v) is 8.95. The quantitative estimate of drug-likeness (QED) is 0.607. The van der Waals surface area contributed by atoms with E-state index in [1.165, 1.54) is 0 Å². The Morgan fingerprint density at radius 2 is 1.77 bits per heavy atom. The molecule has 0 aromatic rings. The molecule has 0 saturated carbocycles. The molecule has 0 amide bonds. The van der Waals surface area contributed by atoms with Crippen LogP contribution < -0.4 is 0 Å². The first-order valence-electron chi connectivity index (χ1n) is 3.93. The number of phosphoric acid groups is 1. The Morgan fingerprint density at radius 3 is 2.08 bits per heavy atom. The summed E-state index contributed by atoms with van der Waals surface area (Å²) in [4.78, 5) is 3.48. The van der Waals surface area contributed by atoms with Crippen LogP contribution in [-0.4, -0.2) is 50.1 Å². The van der Waals surface area contributed by atoms with Crippen molar-refractivity contribution in [1.29, 1.82) is 0 Å². The maximum Gasteiger partial charge on any atom is 0.484 e. The summed E-state index contributed by atoms with van der Waals surface area (Å²) in [5, 5.41) is 0. The molecule has 2 bridgehead atoms. The minimum Gasteiger partial charge on any atom is -0.278 e. The van der Waals surface area contributed by atoms with Crippen LogP contribution in [0.2, 0.25) is 0 Å². The SMILES string of the molecule is CN(C)C1OP2(=O)OC1(N(C)C)O2. The van der Waals surface area contributed by atoms with Crippen molar-refractivity contribution in [2.24, 2.45) is 0 Å². The van der Waals surface area contributed by atoms with Gasteiger partial charge in [-0.15, -0.1) is 0 Å². The number of hydrogen-bond acceptors (Lipinski definition) is 6. The summed E-state index contributed by atoms with van der Waals surface area (Å²) in [5.41, 5.74) is 0. The first-order chi connectivity index (χ1) is 5.90. The Kier molecular flexibility index (Phi) is 1.87. The van der Waals surface area contributed by atoms with Crippen LogP contribution in [0.25, 0.3) is 0 Å². The van der Waals surface area contributed by atoms with E-state index in [1.54, 1.807) is 23.9 Å². The van der Waals surface area contributed by atoms with Crippen molar-refractivity contribution >= 4 is 7.82 Å². The van der Waals surface area contributed by atoms with E-state index in [2.05, 4.69) is 0 Å². The zero-order valence-electron chi connectivity index (χ0n) is 8.05. The van der Waals surface area contributed by atoms with E-state index in [0.717, 1.165) is 0 Å². The number of hydrogen-bond donors (Lipinski definition) is 0. The molecule has 3 aliphatic heterocycles. The third-order valence-corrected chi connectivity index (χ3v) is 3.55. The van der Waals surface area contributed by atoms with Crippen LogP contribution in [-0.2, 0) is 18.1 Å². The molecule has 1 atom stereocenters. The van der Waals surface area contributed by atoms with E-state index in [1.807, 2.05) is 14.1 Å². The van der Waals surface area contributed by atoms with Crippen molar-refractivity contribution in [3.63, 3.8) is 0 Å². The van der Waals surface area contributed by atoms with Gasteiger partial charge in [-0.05, 0) is 28.2 Å². The Morgan fingerprint density at radius 1 is 1.23 bits per heavy atom. The fraction of sp³-hybridized carbons (Fsp3) is 1.00. The highest BCUT2D eigenvalue weighted by atomic mass is 31.2.